The van der Waals surface area contributed by atoms with Gasteiger partial charge in [0.25, 0.3) is 0 Å². The van der Waals surface area contributed by atoms with E-state index in [-0.39, 0.29) is 54.1 Å². The average molecular weight is 545 g/mol. The van der Waals surface area contributed by atoms with E-state index in [0.29, 0.717) is 22.4 Å². The number of fused-ring (bicyclic) bond motifs is 3. The lowest BCUT2D eigenvalue weighted by molar-refractivity contribution is -0.171. The molecule has 0 unspecified atom stereocenters. The number of ketones is 3. The number of phenols is 1. The normalized spacial score (nSPS) is 27.6. The van der Waals surface area contributed by atoms with Crippen LogP contribution in [0.5, 0.6) is 11.5 Å². The van der Waals surface area contributed by atoms with E-state index in [2.05, 4.69) is 0 Å². The summed E-state index contributed by atoms with van der Waals surface area (Å²) in [5, 5.41) is 34.2. The summed E-state index contributed by atoms with van der Waals surface area (Å²) in [7, 11) is 0. The molecule has 1 saturated carbocycles. The van der Waals surface area contributed by atoms with Gasteiger partial charge in [-0.05, 0) is 68.0 Å². The molecular weight excluding hydrogens is 512 g/mol. The first-order chi connectivity index (χ1) is 18.7. The van der Waals surface area contributed by atoms with Gasteiger partial charge < -0.3 is 20.1 Å². The number of hydrogen-bond donors (Lipinski definition) is 3. The molecule has 208 valence electrons. The highest BCUT2D eigenvalue weighted by molar-refractivity contribution is 6.33. The van der Waals surface area contributed by atoms with Crippen LogP contribution in [-0.2, 0) is 25.6 Å². The van der Waals surface area contributed by atoms with Gasteiger partial charge in [0.05, 0.1) is 11.1 Å². The molecule has 40 heavy (non-hydrogen) atoms. The molecule has 2 aromatic carbocycles. The van der Waals surface area contributed by atoms with Crippen molar-refractivity contribution in [1.29, 1.82) is 0 Å². The van der Waals surface area contributed by atoms with Crippen molar-refractivity contribution in [2.24, 2.45) is 10.8 Å². The minimum Gasteiger partial charge on any atom is -0.507 e. The second-order valence-electron chi connectivity index (χ2n) is 11.8. The van der Waals surface area contributed by atoms with Crippen LogP contribution in [0.15, 0.2) is 53.1 Å². The van der Waals surface area contributed by atoms with Gasteiger partial charge in [0.1, 0.15) is 17.3 Å². The third kappa shape index (κ3) is 3.69. The van der Waals surface area contributed by atoms with Crippen molar-refractivity contribution in [3.63, 3.8) is 0 Å². The van der Waals surface area contributed by atoms with Gasteiger partial charge in [0.15, 0.2) is 11.4 Å². The van der Waals surface area contributed by atoms with Gasteiger partial charge >= 0.3 is 5.97 Å². The van der Waals surface area contributed by atoms with Gasteiger partial charge in [-0.2, -0.15) is 0 Å². The molecule has 3 aliphatic carbocycles. The van der Waals surface area contributed by atoms with Crippen LogP contribution in [0.1, 0.15) is 65.0 Å². The fourth-order valence-corrected chi connectivity index (χ4v) is 7.20. The summed E-state index contributed by atoms with van der Waals surface area (Å²) in [5.41, 5.74) is -2.36. The topological polar surface area (TPSA) is 138 Å². The van der Waals surface area contributed by atoms with Gasteiger partial charge in [0.2, 0.25) is 11.6 Å². The summed E-state index contributed by atoms with van der Waals surface area (Å²) in [6, 6.07) is 10.0. The molecule has 3 aliphatic rings. The van der Waals surface area contributed by atoms with Crippen molar-refractivity contribution < 1.29 is 39.2 Å². The molecule has 0 aromatic heterocycles. The summed E-state index contributed by atoms with van der Waals surface area (Å²) in [6.07, 6.45) is 0.822. The van der Waals surface area contributed by atoms with Crippen LogP contribution in [0.25, 0.3) is 16.9 Å². The number of aliphatic hydroxyl groups is 2. The number of benzene rings is 2. The number of carbonyl (C=O) groups is 4. The van der Waals surface area contributed by atoms with Crippen LogP contribution in [0, 0.1) is 10.8 Å². The Kier molecular flexibility index (Phi) is 6.19. The van der Waals surface area contributed by atoms with Crippen LogP contribution in [0.3, 0.4) is 0 Å². The van der Waals surface area contributed by atoms with E-state index >= 15 is 0 Å². The number of esters is 1. The Morgan fingerprint density at radius 3 is 2.23 bits per heavy atom. The zero-order chi connectivity index (χ0) is 29.4. The van der Waals surface area contributed by atoms with Crippen LogP contribution < -0.4 is 4.74 Å². The molecule has 5 rings (SSSR count). The predicted molar refractivity (Wildman–Crippen MR) is 147 cm³/mol. The first-order valence-corrected chi connectivity index (χ1v) is 13.3. The number of aromatic hydroxyl groups is 1. The number of aliphatic hydroxyl groups excluding tert-OH is 1. The van der Waals surface area contributed by atoms with Gasteiger partial charge in [-0.3, -0.25) is 19.2 Å². The van der Waals surface area contributed by atoms with E-state index < -0.39 is 39.5 Å². The number of phenolic OH excluding ortho intramolecular Hbond substituents is 1. The van der Waals surface area contributed by atoms with E-state index in [4.69, 9.17) is 4.74 Å². The molecule has 8 nitrogen and oxygen atoms in total. The Labute approximate surface area is 232 Å². The smallest absolute Gasteiger partial charge is 0.310 e. The summed E-state index contributed by atoms with van der Waals surface area (Å²) >= 11 is 0. The third-order valence-electron chi connectivity index (χ3n) is 8.82. The first kappa shape index (κ1) is 27.5. The zero-order valence-electron chi connectivity index (χ0n) is 23.2. The fourth-order valence-electron chi connectivity index (χ4n) is 7.20. The minimum atomic E-state index is -2.52. The molecule has 3 N–H and O–H groups in total. The summed E-state index contributed by atoms with van der Waals surface area (Å²) in [5.74, 6) is -3.10. The molecule has 0 saturated heterocycles. The van der Waals surface area contributed by atoms with E-state index in [9.17, 15) is 34.5 Å². The van der Waals surface area contributed by atoms with Gasteiger partial charge in [-0.15, -0.1) is 0 Å². The van der Waals surface area contributed by atoms with Crippen molar-refractivity contribution in [3.8, 4) is 22.6 Å². The fraction of sp³-hybridized carbons (Fsp3) is 0.375. The monoisotopic (exact) mass is 544 g/mol. The molecule has 0 bridgehead atoms. The average Bonchev–Trinajstić information content (AvgIpc) is 2.86. The highest BCUT2D eigenvalue weighted by atomic mass is 16.5. The van der Waals surface area contributed by atoms with Crippen molar-refractivity contribution in [3.05, 3.63) is 64.2 Å². The molecule has 8 heteroatoms. The Morgan fingerprint density at radius 1 is 0.975 bits per heavy atom. The summed E-state index contributed by atoms with van der Waals surface area (Å²) in [6.45, 7) is 8.10. The number of Topliss-reactive ketones (excluding diaryl/α,β-unsaturated/α-hetero) is 3. The molecule has 2 aromatic rings. The third-order valence-corrected chi connectivity index (χ3v) is 8.82. The zero-order valence-corrected chi connectivity index (χ0v) is 23.2. The number of allylic oxidation sites excluding steroid dienone is 1. The minimum absolute atomic E-state index is 0.0637. The molecule has 0 aliphatic heterocycles. The van der Waals surface area contributed by atoms with Gasteiger partial charge in [-0.1, -0.05) is 44.5 Å². The van der Waals surface area contributed by atoms with Crippen LogP contribution in [0.2, 0.25) is 0 Å². The Morgan fingerprint density at radius 2 is 1.62 bits per heavy atom. The second-order valence-corrected chi connectivity index (χ2v) is 11.8. The lowest BCUT2D eigenvalue weighted by Gasteiger charge is -2.56. The van der Waals surface area contributed by atoms with Crippen LogP contribution >= 0.6 is 0 Å². The maximum absolute atomic E-state index is 14.1. The second kappa shape index (κ2) is 8.99. The number of hydrogen-bond acceptors (Lipinski definition) is 8. The SMILES string of the molecule is CCC(=O)Oc1ccc(-c2ccc(O)c3c2C[C@@]2(C)C[C@@]4(C)CC(C)=C(C(C)=O)C(=O)[C@@]4(O)C(=O)C2=C3O)cc1. The molecule has 0 heterocycles. The van der Waals surface area contributed by atoms with E-state index in [1.54, 1.807) is 51.1 Å². The standard InChI is InChI=1S/C32H32O8/c1-6-23(35)40-19-9-7-18(8-10-19)20-11-12-22(34)25-21(20)14-30(4)15-31(5)13-16(2)24(17(3)33)28(37)32(31,39)29(38)26(30)27(25)36/h7-12,34,36,39H,6,13-15H2,1-5H3/t30-,31+,32+/m0/s1. The van der Waals surface area contributed by atoms with Crippen molar-refractivity contribution >= 4 is 29.1 Å². The molecule has 0 spiro atoms. The molecule has 3 atom stereocenters. The first-order valence-electron chi connectivity index (χ1n) is 13.3. The van der Waals surface area contributed by atoms with Gasteiger partial charge in [-0.25, -0.2) is 0 Å². The van der Waals surface area contributed by atoms with E-state index in [1.165, 1.54) is 13.0 Å². The van der Waals surface area contributed by atoms with E-state index in [1.807, 2.05) is 6.92 Å². The summed E-state index contributed by atoms with van der Waals surface area (Å²) < 4.78 is 5.27. The van der Waals surface area contributed by atoms with E-state index in [0.717, 1.165) is 5.56 Å². The molecule has 0 amide bonds. The maximum atomic E-state index is 14.1. The quantitative estimate of drug-likeness (QED) is 0.216. The number of rotatable bonds is 4. The Hall–Kier alpha value is -4.04. The van der Waals surface area contributed by atoms with Crippen molar-refractivity contribution in [2.45, 2.75) is 65.9 Å². The highest BCUT2D eigenvalue weighted by Crippen LogP contribution is 2.62. The Balaban J connectivity index is 1.67. The lowest BCUT2D eigenvalue weighted by atomic mass is 9.46. The highest BCUT2D eigenvalue weighted by Gasteiger charge is 2.69. The number of carbonyl (C=O) groups excluding carboxylic acids is 4. The molecule has 1 fully saturated rings. The number of ether oxygens (including phenoxy) is 1. The van der Waals surface area contributed by atoms with Gasteiger partial charge in [0, 0.05) is 22.8 Å². The van der Waals surface area contributed by atoms with Crippen molar-refractivity contribution in [2.75, 3.05) is 0 Å². The van der Waals surface area contributed by atoms with Crippen LogP contribution in [0.4, 0.5) is 0 Å². The van der Waals surface area contributed by atoms with Crippen molar-refractivity contribution in [1.82, 2.24) is 0 Å². The summed E-state index contributed by atoms with van der Waals surface area (Å²) in [4.78, 5) is 51.6. The molecular formula is C32H32O8. The van der Waals surface area contributed by atoms with Crippen LogP contribution in [-0.4, -0.2) is 44.2 Å². The predicted octanol–water partition coefficient (Wildman–Crippen LogP) is 4.79. The maximum Gasteiger partial charge on any atom is 0.310 e. The Bertz CT molecular complexity index is 1580. The lowest BCUT2D eigenvalue weighted by Crippen LogP contribution is -2.67. The molecule has 0 radical (unpaired) electrons. The largest absolute Gasteiger partial charge is 0.507 e.